The van der Waals surface area contributed by atoms with E-state index in [1.807, 2.05) is 7.11 Å². The van der Waals surface area contributed by atoms with Gasteiger partial charge in [-0.05, 0) is 38.6 Å². The Morgan fingerprint density at radius 3 is 2.58 bits per heavy atom. The second-order valence-electron chi connectivity index (χ2n) is 4.63. The second-order valence-corrected chi connectivity index (χ2v) is 4.63. The fraction of sp³-hybridized carbons (Fsp3) is 1.00. The first-order chi connectivity index (χ1) is 5.67. The van der Waals surface area contributed by atoms with Crippen LogP contribution in [0.15, 0.2) is 0 Å². The molecule has 2 rings (SSSR count). The highest BCUT2D eigenvalue weighted by atomic mass is 16.5. The third kappa shape index (κ3) is 1.27. The number of nitrogens with zero attached hydrogens (tertiary/aromatic N) is 1. The highest BCUT2D eigenvalue weighted by Crippen LogP contribution is 2.54. The molecule has 12 heavy (non-hydrogen) atoms. The van der Waals surface area contributed by atoms with Gasteiger partial charge < -0.3 is 9.64 Å². The molecule has 0 aromatic heterocycles. The maximum atomic E-state index is 5.38. The fourth-order valence-electron chi connectivity index (χ4n) is 2.53. The van der Waals surface area contributed by atoms with Crippen LogP contribution in [0.3, 0.4) is 0 Å². The number of likely N-dealkylation sites (N-methyl/N-ethyl adjacent to an activating group) is 1. The summed E-state index contributed by atoms with van der Waals surface area (Å²) in [7, 11) is 4.05. The smallest absolute Gasteiger partial charge is 0.0698 e. The average molecular weight is 169 g/mol. The van der Waals surface area contributed by atoms with Gasteiger partial charge in [0.2, 0.25) is 0 Å². The molecule has 70 valence electrons. The van der Waals surface area contributed by atoms with Crippen LogP contribution in [-0.4, -0.2) is 37.7 Å². The summed E-state index contributed by atoms with van der Waals surface area (Å²) in [6.45, 7) is 3.48. The van der Waals surface area contributed by atoms with E-state index in [2.05, 4.69) is 18.9 Å². The van der Waals surface area contributed by atoms with Crippen molar-refractivity contribution in [3.05, 3.63) is 0 Å². The minimum absolute atomic E-state index is 0.398. The van der Waals surface area contributed by atoms with Crippen LogP contribution in [-0.2, 0) is 4.74 Å². The highest BCUT2D eigenvalue weighted by molar-refractivity contribution is 5.04. The Bertz CT molecular complexity index is 177. The minimum atomic E-state index is 0.398. The first-order valence-corrected chi connectivity index (χ1v) is 4.90. The Labute approximate surface area is 74.9 Å². The summed E-state index contributed by atoms with van der Waals surface area (Å²) in [6.07, 6.45) is 4.66. The molecule has 0 amide bonds. The van der Waals surface area contributed by atoms with Gasteiger partial charge in [-0.25, -0.2) is 0 Å². The third-order valence-electron chi connectivity index (χ3n) is 3.66. The van der Waals surface area contributed by atoms with Gasteiger partial charge in [0.25, 0.3) is 0 Å². The Kier molecular flexibility index (Phi) is 1.92. The number of likely N-dealkylation sites (tertiary alicyclic amines) is 1. The molecule has 1 aliphatic carbocycles. The fourth-order valence-corrected chi connectivity index (χ4v) is 2.53. The molecule has 0 aromatic carbocycles. The van der Waals surface area contributed by atoms with Crippen molar-refractivity contribution in [1.29, 1.82) is 0 Å². The Balaban J connectivity index is 1.98. The number of rotatable bonds is 2. The number of hydrogen-bond donors (Lipinski definition) is 0. The van der Waals surface area contributed by atoms with Gasteiger partial charge >= 0.3 is 0 Å². The lowest BCUT2D eigenvalue weighted by Crippen LogP contribution is -2.35. The molecule has 0 bridgehead atoms. The van der Waals surface area contributed by atoms with Crippen LogP contribution in [0.25, 0.3) is 0 Å². The predicted octanol–water partition coefficient (Wildman–Crippen LogP) is 1.51. The molecule has 0 N–H and O–H groups in total. The van der Waals surface area contributed by atoms with E-state index >= 15 is 0 Å². The lowest BCUT2D eigenvalue weighted by atomic mass is 10.0. The SMILES string of the molecule is CO[C@@H](C)C1CC2(CC2)CN1C. The molecular weight excluding hydrogens is 150 g/mol. The van der Waals surface area contributed by atoms with E-state index in [0.717, 1.165) is 0 Å². The van der Waals surface area contributed by atoms with Crippen molar-refractivity contribution in [2.24, 2.45) is 5.41 Å². The van der Waals surface area contributed by atoms with Crippen LogP contribution in [0.5, 0.6) is 0 Å². The topological polar surface area (TPSA) is 12.5 Å². The van der Waals surface area contributed by atoms with Crippen LogP contribution in [0, 0.1) is 5.41 Å². The third-order valence-corrected chi connectivity index (χ3v) is 3.66. The summed E-state index contributed by atoms with van der Waals surface area (Å²) in [6, 6.07) is 0.664. The van der Waals surface area contributed by atoms with Crippen molar-refractivity contribution in [3.63, 3.8) is 0 Å². The zero-order valence-electron chi connectivity index (χ0n) is 8.34. The molecule has 0 radical (unpaired) electrons. The molecular formula is C10H19NO. The Hall–Kier alpha value is -0.0800. The molecule has 2 aliphatic rings. The van der Waals surface area contributed by atoms with Crippen molar-refractivity contribution in [2.75, 3.05) is 20.7 Å². The quantitative estimate of drug-likeness (QED) is 0.621. The van der Waals surface area contributed by atoms with Crippen molar-refractivity contribution in [2.45, 2.75) is 38.3 Å². The van der Waals surface area contributed by atoms with E-state index in [0.29, 0.717) is 17.6 Å². The molecule has 1 heterocycles. The monoisotopic (exact) mass is 169 g/mol. The predicted molar refractivity (Wildman–Crippen MR) is 49.2 cm³/mol. The molecule has 2 heteroatoms. The summed E-state index contributed by atoms with van der Waals surface area (Å²) in [5.41, 5.74) is 0.714. The molecule has 2 fully saturated rings. The van der Waals surface area contributed by atoms with Gasteiger partial charge in [0.05, 0.1) is 6.10 Å². The summed E-state index contributed by atoms with van der Waals surface area (Å²) in [5.74, 6) is 0. The van der Waals surface area contributed by atoms with Crippen LogP contribution < -0.4 is 0 Å². The highest BCUT2D eigenvalue weighted by Gasteiger charge is 2.51. The largest absolute Gasteiger partial charge is 0.380 e. The van der Waals surface area contributed by atoms with Gasteiger partial charge in [-0.3, -0.25) is 0 Å². The van der Waals surface area contributed by atoms with Gasteiger partial charge in [0, 0.05) is 19.7 Å². The standard InChI is InChI=1S/C10H19NO/c1-8(12-3)9-6-10(4-5-10)7-11(9)2/h8-9H,4-7H2,1-3H3/t8-,9?/m0/s1. The number of methoxy groups -OCH3 is 1. The van der Waals surface area contributed by atoms with Crippen LogP contribution >= 0.6 is 0 Å². The summed E-state index contributed by atoms with van der Waals surface area (Å²) in [5, 5.41) is 0. The summed E-state index contributed by atoms with van der Waals surface area (Å²) < 4.78 is 5.38. The first-order valence-electron chi connectivity index (χ1n) is 4.90. The van der Waals surface area contributed by atoms with Gasteiger partial charge in [-0.15, -0.1) is 0 Å². The molecule has 1 aliphatic heterocycles. The zero-order valence-corrected chi connectivity index (χ0v) is 8.34. The van der Waals surface area contributed by atoms with Gasteiger partial charge in [0.15, 0.2) is 0 Å². The van der Waals surface area contributed by atoms with E-state index < -0.39 is 0 Å². The number of hydrogen-bond acceptors (Lipinski definition) is 2. The van der Waals surface area contributed by atoms with Crippen LogP contribution in [0.4, 0.5) is 0 Å². The normalized spacial score (nSPS) is 35.8. The molecule has 1 saturated carbocycles. The van der Waals surface area contributed by atoms with Gasteiger partial charge in [-0.2, -0.15) is 0 Å². The summed E-state index contributed by atoms with van der Waals surface area (Å²) >= 11 is 0. The van der Waals surface area contributed by atoms with Crippen molar-refractivity contribution >= 4 is 0 Å². The Morgan fingerprint density at radius 2 is 2.17 bits per heavy atom. The van der Waals surface area contributed by atoms with Gasteiger partial charge in [-0.1, -0.05) is 0 Å². The summed E-state index contributed by atoms with van der Waals surface area (Å²) in [4.78, 5) is 2.47. The van der Waals surface area contributed by atoms with Crippen LogP contribution in [0.2, 0.25) is 0 Å². The van der Waals surface area contributed by atoms with Crippen molar-refractivity contribution in [3.8, 4) is 0 Å². The van der Waals surface area contributed by atoms with Crippen molar-refractivity contribution in [1.82, 2.24) is 4.90 Å². The molecule has 1 unspecified atom stereocenters. The van der Waals surface area contributed by atoms with E-state index in [4.69, 9.17) is 4.74 Å². The van der Waals surface area contributed by atoms with Gasteiger partial charge in [0.1, 0.15) is 0 Å². The van der Waals surface area contributed by atoms with E-state index in [9.17, 15) is 0 Å². The first kappa shape index (κ1) is 8.52. The van der Waals surface area contributed by atoms with E-state index in [1.54, 1.807) is 0 Å². The van der Waals surface area contributed by atoms with Crippen LogP contribution in [0.1, 0.15) is 26.2 Å². The molecule has 0 aromatic rings. The lowest BCUT2D eigenvalue weighted by molar-refractivity contribution is 0.0529. The minimum Gasteiger partial charge on any atom is -0.380 e. The maximum Gasteiger partial charge on any atom is 0.0698 e. The molecule has 1 saturated heterocycles. The molecule has 2 atom stereocenters. The molecule has 1 spiro atoms. The second kappa shape index (κ2) is 2.71. The lowest BCUT2D eigenvalue weighted by Gasteiger charge is -2.24. The Morgan fingerprint density at radius 1 is 1.50 bits per heavy atom. The zero-order chi connectivity index (χ0) is 8.77. The van der Waals surface area contributed by atoms with E-state index in [1.165, 1.54) is 25.8 Å². The number of ether oxygens (including phenoxy) is 1. The average Bonchev–Trinajstić information content (AvgIpc) is 2.70. The molecule has 2 nitrogen and oxygen atoms in total. The van der Waals surface area contributed by atoms with E-state index in [-0.39, 0.29) is 0 Å². The van der Waals surface area contributed by atoms with Crippen molar-refractivity contribution < 1.29 is 4.74 Å². The maximum absolute atomic E-state index is 5.38.